The second kappa shape index (κ2) is 4.25. The number of hydrogen-bond donors (Lipinski definition) is 1. The van der Waals surface area contributed by atoms with Crippen LogP contribution in [0.2, 0.25) is 0 Å². The first-order valence-electron chi connectivity index (χ1n) is 4.90. The normalized spacial score (nSPS) is 11.7. The fourth-order valence-electron chi connectivity index (χ4n) is 1.58. The average Bonchev–Trinajstić information content (AvgIpc) is 2.85. The van der Waals surface area contributed by atoms with Crippen LogP contribution in [-0.2, 0) is 12.7 Å². The Morgan fingerprint density at radius 1 is 1.39 bits per heavy atom. The van der Waals surface area contributed by atoms with Crippen molar-refractivity contribution in [2.24, 2.45) is 0 Å². The van der Waals surface area contributed by atoms with Crippen LogP contribution in [0.4, 0.5) is 13.2 Å². The molecular weight excluding hydrogens is 251 g/mol. The van der Waals surface area contributed by atoms with Gasteiger partial charge in [-0.1, -0.05) is 0 Å². The average molecular weight is 259 g/mol. The van der Waals surface area contributed by atoms with E-state index in [9.17, 15) is 18.0 Å². The molecule has 96 valence electrons. The minimum Gasteiger partial charge on any atom is -0.478 e. The van der Waals surface area contributed by atoms with Gasteiger partial charge in [0.2, 0.25) is 0 Å². The van der Waals surface area contributed by atoms with E-state index in [1.54, 1.807) is 12.1 Å². The maximum Gasteiger partial charge on any atom is 0.418 e. The third kappa shape index (κ3) is 2.39. The Morgan fingerprint density at radius 2 is 2.11 bits per heavy atom. The molecule has 18 heavy (non-hydrogen) atoms. The van der Waals surface area contributed by atoms with E-state index >= 15 is 0 Å². The summed E-state index contributed by atoms with van der Waals surface area (Å²) in [6.07, 6.45) is -1.61. The highest BCUT2D eigenvalue weighted by molar-refractivity contribution is 5.89. The van der Waals surface area contributed by atoms with Gasteiger partial charge in [-0.25, -0.2) is 4.79 Å². The van der Waals surface area contributed by atoms with Crippen molar-refractivity contribution in [3.63, 3.8) is 0 Å². The summed E-state index contributed by atoms with van der Waals surface area (Å²) in [7, 11) is 0. The van der Waals surface area contributed by atoms with E-state index in [1.165, 1.54) is 6.26 Å². The Morgan fingerprint density at radius 3 is 2.56 bits per heavy atom. The van der Waals surface area contributed by atoms with Crippen molar-refractivity contribution < 1.29 is 27.5 Å². The van der Waals surface area contributed by atoms with Crippen LogP contribution in [0.3, 0.4) is 0 Å². The lowest BCUT2D eigenvalue weighted by Gasteiger charge is -2.04. The number of furan rings is 1. The molecule has 2 aromatic rings. The van der Waals surface area contributed by atoms with Crippen molar-refractivity contribution in [1.82, 2.24) is 4.57 Å². The molecule has 0 atom stereocenters. The quantitative estimate of drug-likeness (QED) is 0.922. The van der Waals surface area contributed by atoms with Crippen molar-refractivity contribution in [1.29, 1.82) is 0 Å². The zero-order chi connectivity index (χ0) is 13.3. The molecule has 2 aromatic heterocycles. The summed E-state index contributed by atoms with van der Waals surface area (Å²) in [5.74, 6) is -1.17. The van der Waals surface area contributed by atoms with Crippen LogP contribution in [0.25, 0.3) is 0 Å². The largest absolute Gasteiger partial charge is 0.478 e. The number of carboxylic acids is 1. The SMILES string of the molecule is O=C(O)c1cn(Cc2ccco2)cc1C(F)(F)F. The molecule has 0 amide bonds. The first-order chi connectivity index (χ1) is 8.38. The first kappa shape index (κ1) is 12.3. The molecule has 2 heterocycles. The summed E-state index contributed by atoms with van der Waals surface area (Å²) in [4.78, 5) is 10.7. The number of carbonyl (C=O) groups is 1. The van der Waals surface area contributed by atoms with E-state index in [1.807, 2.05) is 0 Å². The topological polar surface area (TPSA) is 55.4 Å². The molecule has 2 rings (SSSR count). The van der Waals surface area contributed by atoms with Crippen molar-refractivity contribution in [3.05, 3.63) is 47.7 Å². The number of carboxylic acid groups (broad SMARTS) is 1. The molecule has 1 N–H and O–H groups in total. The minimum absolute atomic E-state index is 0.0450. The van der Waals surface area contributed by atoms with Gasteiger partial charge in [0.05, 0.1) is 23.9 Å². The number of nitrogens with zero attached hydrogens (tertiary/aromatic N) is 1. The van der Waals surface area contributed by atoms with E-state index in [0.717, 1.165) is 17.0 Å². The highest BCUT2D eigenvalue weighted by atomic mass is 19.4. The predicted octanol–water partition coefficient (Wildman–Crippen LogP) is 2.85. The van der Waals surface area contributed by atoms with E-state index < -0.39 is 23.3 Å². The molecule has 0 spiro atoms. The molecule has 0 aliphatic rings. The predicted molar refractivity (Wildman–Crippen MR) is 54.2 cm³/mol. The van der Waals surface area contributed by atoms with Gasteiger partial charge in [-0.15, -0.1) is 0 Å². The van der Waals surface area contributed by atoms with Gasteiger partial charge in [0.25, 0.3) is 0 Å². The van der Waals surface area contributed by atoms with Crippen molar-refractivity contribution in [3.8, 4) is 0 Å². The Balaban J connectivity index is 2.37. The van der Waals surface area contributed by atoms with Crippen molar-refractivity contribution in [2.45, 2.75) is 12.7 Å². The molecule has 0 aliphatic carbocycles. The van der Waals surface area contributed by atoms with Crippen LogP contribution in [-0.4, -0.2) is 15.6 Å². The molecule has 0 aromatic carbocycles. The second-order valence-electron chi connectivity index (χ2n) is 3.64. The molecule has 0 aliphatic heterocycles. The number of aromatic carboxylic acids is 1. The van der Waals surface area contributed by atoms with Crippen LogP contribution >= 0.6 is 0 Å². The van der Waals surface area contributed by atoms with Crippen LogP contribution < -0.4 is 0 Å². The number of rotatable bonds is 3. The van der Waals surface area contributed by atoms with E-state index in [0.29, 0.717) is 5.76 Å². The molecule has 0 fully saturated rings. The van der Waals surface area contributed by atoms with Gasteiger partial charge >= 0.3 is 12.1 Å². The highest BCUT2D eigenvalue weighted by Gasteiger charge is 2.37. The molecule has 0 unspecified atom stereocenters. The number of alkyl halides is 3. The summed E-state index contributed by atoms with van der Waals surface area (Å²) >= 11 is 0. The van der Waals surface area contributed by atoms with E-state index in [4.69, 9.17) is 9.52 Å². The van der Waals surface area contributed by atoms with Crippen LogP contribution in [0.15, 0.2) is 35.2 Å². The third-order valence-electron chi connectivity index (χ3n) is 2.33. The summed E-state index contributed by atoms with van der Waals surface area (Å²) < 4.78 is 43.9. The maximum atomic E-state index is 12.6. The Labute approximate surface area is 99.2 Å². The zero-order valence-corrected chi connectivity index (χ0v) is 8.94. The van der Waals surface area contributed by atoms with Crippen LogP contribution in [0.5, 0.6) is 0 Å². The van der Waals surface area contributed by atoms with Crippen LogP contribution in [0, 0.1) is 0 Å². The van der Waals surface area contributed by atoms with Crippen molar-refractivity contribution in [2.75, 3.05) is 0 Å². The smallest absolute Gasteiger partial charge is 0.418 e. The van der Waals surface area contributed by atoms with Gasteiger partial charge in [-0.2, -0.15) is 13.2 Å². The van der Waals surface area contributed by atoms with Gasteiger partial charge in [0.15, 0.2) is 0 Å². The van der Waals surface area contributed by atoms with Gasteiger partial charge in [0.1, 0.15) is 5.76 Å². The van der Waals surface area contributed by atoms with Crippen LogP contribution in [0.1, 0.15) is 21.7 Å². The molecular formula is C11H8F3NO3. The standard InChI is InChI=1S/C11H8F3NO3/c12-11(13,14)9-6-15(5-8(9)10(16)17)4-7-2-1-3-18-7/h1-3,5-6H,4H2,(H,16,17). The summed E-state index contributed by atoms with van der Waals surface area (Å²) in [5.41, 5.74) is -1.93. The van der Waals surface area contributed by atoms with E-state index in [-0.39, 0.29) is 6.54 Å². The zero-order valence-electron chi connectivity index (χ0n) is 8.94. The number of hydrogen-bond acceptors (Lipinski definition) is 2. The summed E-state index contributed by atoms with van der Waals surface area (Å²) in [6, 6.07) is 3.19. The maximum absolute atomic E-state index is 12.6. The van der Waals surface area contributed by atoms with Gasteiger partial charge in [-0.05, 0) is 12.1 Å². The Hall–Kier alpha value is -2.18. The summed E-state index contributed by atoms with van der Waals surface area (Å²) in [5, 5.41) is 8.73. The minimum atomic E-state index is -4.69. The number of aromatic nitrogens is 1. The highest BCUT2D eigenvalue weighted by Crippen LogP contribution is 2.32. The summed E-state index contributed by atoms with van der Waals surface area (Å²) in [6.45, 7) is 0.0450. The van der Waals surface area contributed by atoms with Gasteiger partial charge in [0, 0.05) is 12.4 Å². The lowest BCUT2D eigenvalue weighted by atomic mass is 10.2. The number of halogens is 3. The molecule has 7 heteroatoms. The monoisotopic (exact) mass is 259 g/mol. The second-order valence-corrected chi connectivity index (χ2v) is 3.64. The third-order valence-corrected chi connectivity index (χ3v) is 2.33. The Kier molecular flexibility index (Phi) is 2.90. The molecule has 4 nitrogen and oxygen atoms in total. The molecule has 0 saturated carbocycles. The molecule has 0 bridgehead atoms. The van der Waals surface area contributed by atoms with Gasteiger partial charge < -0.3 is 14.1 Å². The van der Waals surface area contributed by atoms with Crippen molar-refractivity contribution >= 4 is 5.97 Å². The Bertz CT molecular complexity index is 555. The lowest BCUT2D eigenvalue weighted by Crippen LogP contribution is -2.09. The fraction of sp³-hybridized carbons (Fsp3) is 0.182. The molecule has 0 radical (unpaired) electrons. The van der Waals surface area contributed by atoms with E-state index in [2.05, 4.69) is 0 Å². The fourth-order valence-corrected chi connectivity index (χ4v) is 1.58. The molecule has 0 saturated heterocycles. The first-order valence-corrected chi connectivity index (χ1v) is 4.90. The van der Waals surface area contributed by atoms with Gasteiger partial charge in [-0.3, -0.25) is 0 Å². The lowest BCUT2D eigenvalue weighted by molar-refractivity contribution is -0.138.